The smallest absolute Gasteiger partial charge is 0.387 e. The number of rotatable bonds is 8. The average Bonchev–Trinajstić information content (AvgIpc) is 2.71. The summed E-state index contributed by atoms with van der Waals surface area (Å²) in [5.74, 6) is -4.37. The quantitative estimate of drug-likeness (QED) is 0.250. The van der Waals surface area contributed by atoms with Crippen molar-refractivity contribution in [3.8, 4) is 5.75 Å². The Morgan fingerprint density at radius 2 is 1.94 bits per heavy atom. The lowest BCUT2D eigenvalue weighted by molar-refractivity contribution is -0.154. The van der Waals surface area contributed by atoms with E-state index in [4.69, 9.17) is 22.7 Å². The van der Waals surface area contributed by atoms with Crippen molar-refractivity contribution >= 4 is 29.3 Å². The van der Waals surface area contributed by atoms with Gasteiger partial charge < -0.3 is 25.8 Å². The van der Waals surface area contributed by atoms with Crippen LogP contribution in [-0.2, 0) is 16.1 Å². The van der Waals surface area contributed by atoms with Crippen LogP contribution in [0.15, 0.2) is 30.3 Å². The number of nitrogens with two attached hydrogens (primary N) is 1. The van der Waals surface area contributed by atoms with Crippen LogP contribution in [0.5, 0.6) is 5.75 Å². The maximum absolute atomic E-state index is 14.1. The molecule has 1 fully saturated rings. The third-order valence-electron chi connectivity index (χ3n) is 5.15. The summed E-state index contributed by atoms with van der Waals surface area (Å²) in [5.41, 5.74) is 4.45. The number of aliphatic hydroxyl groups is 1. The van der Waals surface area contributed by atoms with E-state index >= 15 is 0 Å². The molecule has 3 rings (SSSR count). The first-order valence-corrected chi connectivity index (χ1v) is 10.2. The van der Waals surface area contributed by atoms with Crippen LogP contribution in [0.3, 0.4) is 0 Å². The van der Waals surface area contributed by atoms with E-state index in [1.807, 2.05) is 0 Å². The number of nitrogens with one attached hydrogen (secondary N) is 2. The fourth-order valence-electron chi connectivity index (χ4n) is 3.37. The van der Waals surface area contributed by atoms with Gasteiger partial charge in [-0.25, -0.2) is 8.78 Å². The van der Waals surface area contributed by atoms with Gasteiger partial charge in [0, 0.05) is 23.7 Å². The van der Waals surface area contributed by atoms with Crippen LogP contribution in [0.4, 0.5) is 17.6 Å². The summed E-state index contributed by atoms with van der Waals surface area (Å²) in [6.45, 7) is -3.41. The number of carbonyl (C=O) groups excluding carboxylic acids is 2. The normalized spacial score (nSPS) is 16.1. The van der Waals surface area contributed by atoms with Crippen LogP contribution < -0.4 is 15.8 Å². The highest BCUT2D eigenvalue weighted by molar-refractivity contribution is 6.30. The largest absolute Gasteiger partial charge is 0.435 e. The number of aliphatic hydroxyl groups excluding tert-OH is 1. The fraction of sp³-hybridized carbons (Fsp3) is 0.286. The van der Waals surface area contributed by atoms with E-state index in [1.54, 1.807) is 0 Å². The van der Waals surface area contributed by atoms with Gasteiger partial charge in [-0.05, 0) is 42.3 Å². The molecule has 2 aromatic carbocycles. The van der Waals surface area contributed by atoms with Crippen molar-refractivity contribution < 1.29 is 37.0 Å². The van der Waals surface area contributed by atoms with Crippen molar-refractivity contribution in [2.75, 3.05) is 6.54 Å². The van der Waals surface area contributed by atoms with Gasteiger partial charge >= 0.3 is 6.61 Å². The Morgan fingerprint density at radius 3 is 2.53 bits per heavy atom. The molecule has 8 nitrogen and oxygen atoms in total. The number of halogens is 5. The Labute approximate surface area is 195 Å². The summed E-state index contributed by atoms with van der Waals surface area (Å²) in [6.07, 6.45) is -1.56. The van der Waals surface area contributed by atoms with Gasteiger partial charge in [-0.2, -0.15) is 8.78 Å². The molecule has 0 aromatic heterocycles. The number of hydrogen-bond donors (Lipinski definition) is 4. The van der Waals surface area contributed by atoms with Crippen LogP contribution in [0, 0.1) is 17.0 Å². The maximum Gasteiger partial charge on any atom is 0.387 e. The third kappa shape index (κ3) is 5.57. The number of nitrogens with zero attached hydrogens (tertiary/aromatic N) is 1. The predicted molar refractivity (Wildman–Crippen MR) is 112 cm³/mol. The Balaban J connectivity index is 1.65. The minimum atomic E-state index is -3.14. The molecule has 1 saturated heterocycles. The number of benzene rings is 2. The Hall–Kier alpha value is -3.38. The van der Waals surface area contributed by atoms with Crippen molar-refractivity contribution in [3.05, 3.63) is 63.7 Å². The predicted octanol–water partition coefficient (Wildman–Crippen LogP) is 2.45. The number of likely N-dealkylation sites (tertiary alicyclic amines) is 1. The van der Waals surface area contributed by atoms with E-state index in [0.717, 1.165) is 29.2 Å². The van der Waals surface area contributed by atoms with Crippen LogP contribution in [0.2, 0.25) is 5.02 Å². The SMILES string of the molecule is N=C(N)c1cc(F)c(CNC(=O)C2CCN2C(=O)[C@H](O)c2cc(Cl)cc(OC(F)F)c2)cc1F. The van der Waals surface area contributed by atoms with Gasteiger partial charge in [0.2, 0.25) is 5.91 Å². The molecule has 2 aromatic rings. The molecule has 1 aliphatic heterocycles. The zero-order valence-corrected chi connectivity index (χ0v) is 18.1. The molecule has 2 amide bonds. The molecule has 0 radical (unpaired) electrons. The van der Waals surface area contributed by atoms with Gasteiger partial charge in [0.25, 0.3) is 5.91 Å². The topological polar surface area (TPSA) is 129 Å². The molecular formula is C21H19ClF4N4O4. The number of ether oxygens (including phenoxy) is 1. The lowest BCUT2D eigenvalue weighted by atomic mass is 9.98. The zero-order chi connectivity index (χ0) is 25.2. The van der Waals surface area contributed by atoms with Crippen molar-refractivity contribution in [1.29, 1.82) is 5.41 Å². The Bertz CT molecular complexity index is 1130. The van der Waals surface area contributed by atoms with E-state index in [-0.39, 0.29) is 34.9 Å². The molecule has 5 N–H and O–H groups in total. The van der Waals surface area contributed by atoms with Crippen molar-refractivity contribution in [3.63, 3.8) is 0 Å². The number of amidine groups is 1. The second kappa shape index (κ2) is 10.3. The molecule has 2 atom stereocenters. The zero-order valence-electron chi connectivity index (χ0n) is 17.3. The molecule has 1 heterocycles. The number of amides is 2. The molecule has 0 aliphatic carbocycles. The van der Waals surface area contributed by atoms with Crippen LogP contribution in [0.1, 0.15) is 29.2 Å². The minimum Gasteiger partial charge on any atom is -0.435 e. The molecule has 34 heavy (non-hydrogen) atoms. The second-order valence-electron chi connectivity index (χ2n) is 7.39. The number of alkyl halides is 2. The lowest BCUT2D eigenvalue weighted by Crippen LogP contribution is -2.59. The highest BCUT2D eigenvalue weighted by Gasteiger charge is 2.40. The molecule has 1 unspecified atom stereocenters. The van der Waals surface area contributed by atoms with E-state index in [2.05, 4.69) is 10.1 Å². The van der Waals surface area contributed by atoms with Gasteiger partial charge in [-0.3, -0.25) is 15.0 Å². The van der Waals surface area contributed by atoms with E-state index in [9.17, 15) is 32.3 Å². The minimum absolute atomic E-state index is 0.0528. The summed E-state index contributed by atoms with van der Waals surface area (Å²) < 4.78 is 57.3. The van der Waals surface area contributed by atoms with Gasteiger partial charge in [-0.15, -0.1) is 0 Å². The summed E-state index contributed by atoms with van der Waals surface area (Å²) in [5, 5.41) is 20.0. The first-order valence-electron chi connectivity index (χ1n) is 9.81. The molecule has 182 valence electrons. The van der Waals surface area contributed by atoms with Crippen LogP contribution in [-0.4, -0.2) is 46.9 Å². The van der Waals surface area contributed by atoms with Crippen molar-refractivity contribution in [2.45, 2.75) is 31.7 Å². The Morgan fingerprint density at radius 1 is 1.24 bits per heavy atom. The Kier molecular flexibility index (Phi) is 7.62. The molecule has 1 aliphatic rings. The van der Waals surface area contributed by atoms with E-state index in [0.29, 0.717) is 0 Å². The molecule has 0 saturated carbocycles. The molecule has 0 bridgehead atoms. The first-order chi connectivity index (χ1) is 16.0. The third-order valence-corrected chi connectivity index (χ3v) is 5.37. The molecule has 0 spiro atoms. The average molecular weight is 503 g/mol. The van der Waals surface area contributed by atoms with Crippen molar-refractivity contribution in [1.82, 2.24) is 10.2 Å². The van der Waals surface area contributed by atoms with Gasteiger partial charge in [0.15, 0.2) is 6.10 Å². The van der Waals surface area contributed by atoms with Crippen molar-refractivity contribution in [2.24, 2.45) is 5.73 Å². The number of nitrogen functional groups attached to an aromatic ring is 1. The number of carbonyl (C=O) groups is 2. The monoisotopic (exact) mass is 502 g/mol. The summed E-state index contributed by atoms with van der Waals surface area (Å²) in [4.78, 5) is 26.2. The number of hydrogen-bond acceptors (Lipinski definition) is 5. The second-order valence-corrected chi connectivity index (χ2v) is 7.83. The standard InChI is InChI=1S/C21H19ClF4N4O4/c22-11-3-9(4-12(6-11)34-21(25)26)17(31)20(33)30-2-1-16(30)19(32)29-8-10-5-15(24)13(18(27)28)7-14(10)23/h3-7,16-17,21,31H,1-2,8H2,(H3,27,28)(H,29,32)/t16?,17-/m1/s1. The van der Waals surface area contributed by atoms with E-state index in [1.165, 1.54) is 6.07 Å². The van der Waals surface area contributed by atoms with Gasteiger partial charge in [-0.1, -0.05) is 11.6 Å². The highest BCUT2D eigenvalue weighted by Crippen LogP contribution is 2.29. The summed E-state index contributed by atoms with van der Waals surface area (Å²) in [7, 11) is 0. The first kappa shape index (κ1) is 25.2. The summed E-state index contributed by atoms with van der Waals surface area (Å²) in [6, 6.07) is 3.86. The lowest BCUT2D eigenvalue weighted by Gasteiger charge is -2.40. The van der Waals surface area contributed by atoms with Crippen LogP contribution in [0.25, 0.3) is 0 Å². The van der Waals surface area contributed by atoms with Gasteiger partial charge in [0.1, 0.15) is 29.3 Å². The van der Waals surface area contributed by atoms with E-state index < -0.39 is 60.1 Å². The molecular weight excluding hydrogens is 484 g/mol. The maximum atomic E-state index is 14.1. The highest BCUT2D eigenvalue weighted by atomic mass is 35.5. The summed E-state index contributed by atoms with van der Waals surface area (Å²) >= 11 is 5.84. The molecule has 13 heteroatoms. The van der Waals surface area contributed by atoms with Crippen LogP contribution >= 0.6 is 11.6 Å². The fourth-order valence-corrected chi connectivity index (χ4v) is 3.60. The van der Waals surface area contributed by atoms with Gasteiger partial charge in [0.05, 0.1) is 5.56 Å².